The lowest BCUT2D eigenvalue weighted by Crippen LogP contribution is -2.41. The second-order valence-corrected chi connectivity index (χ2v) is 6.09. The molecule has 0 radical (unpaired) electrons. The first-order valence-corrected chi connectivity index (χ1v) is 8.04. The highest BCUT2D eigenvalue weighted by Gasteiger charge is 2.28. The van der Waals surface area contributed by atoms with Gasteiger partial charge in [-0.2, -0.15) is 4.37 Å². The van der Waals surface area contributed by atoms with E-state index in [0.29, 0.717) is 17.5 Å². The Hall–Kier alpha value is -2.02. The van der Waals surface area contributed by atoms with E-state index in [4.69, 9.17) is 0 Å². The van der Waals surface area contributed by atoms with Gasteiger partial charge >= 0.3 is 6.03 Å². The molecule has 0 bridgehead atoms. The molecule has 0 unspecified atom stereocenters. The van der Waals surface area contributed by atoms with E-state index in [1.165, 1.54) is 23.7 Å². The molecule has 1 fully saturated rings. The number of urea groups is 1. The molecule has 116 valence electrons. The molecule has 1 aliphatic heterocycles. The van der Waals surface area contributed by atoms with Crippen LogP contribution in [0.15, 0.2) is 24.3 Å². The van der Waals surface area contributed by atoms with Crippen LogP contribution in [0.1, 0.15) is 36.7 Å². The van der Waals surface area contributed by atoms with Crippen molar-refractivity contribution in [2.75, 3.05) is 11.9 Å². The maximum atomic E-state index is 13.1. The zero-order valence-electron chi connectivity index (χ0n) is 12.3. The number of aromatic nitrogens is 2. The van der Waals surface area contributed by atoms with E-state index in [9.17, 15) is 9.18 Å². The molecule has 0 saturated carbocycles. The third-order valence-corrected chi connectivity index (χ3v) is 4.48. The van der Waals surface area contributed by atoms with Gasteiger partial charge in [-0.3, -0.25) is 5.32 Å². The van der Waals surface area contributed by atoms with Crippen LogP contribution in [-0.2, 0) is 0 Å². The molecule has 0 spiro atoms. The van der Waals surface area contributed by atoms with Crippen LogP contribution in [-0.4, -0.2) is 26.8 Å². The van der Waals surface area contributed by atoms with Crippen molar-refractivity contribution in [3.05, 3.63) is 41.5 Å². The van der Waals surface area contributed by atoms with Gasteiger partial charge in [0.25, 0.3) is 0 Å². The van der Waals surface area contributed by atoms with E-state index in [-0.39, 0.29) is 17.9 Å². The van der Waals surface area contributed by atoms with Gasteiger partial charge in [0.2, 0.25) is 5.13 Å². The van der Waals surface area contributed by atoms with Crippen molar-refractivity contribution < 1.29 is 9.18 Å². The number of aryl methyl sites for hydroxylation is 1. The lowest BCUT2D eigenvalue weighted by atomic mass is 9.95. The summed E-state index contributed by atoms with van der Waals surface area (Å²) in [5, 5.41) is 3.31. The highest BCUT2D eigenvalue weighted by atomic mass is 32.1. The number of benzene rings is 1. The first-order chi connectivity index (χ1) is 10.6. The van der Waals surface area contributed by atoms with Crippen LogP contribution >= 0.6 is 11.5 Å². The van der Waals surface area contributed by atoms with Crippen LogP contribution in [0.3, 0.4) is 0 Å². The van der Waals surface area contributed by atoms with E-state index in [1.807, 2.05) is 0 Å². The van der Waals surface area contributed by atoms with E-state index in [0.717, 1.165) is 24.8 Å². The molecular weight excluding hydrogens is 303 g/mol. The van der Waals surface area contributed by atoms with Crippen LogP contribution in [0, 0.1) is 12.7 Å². The number of nitrogens with one attached hydrogen (secondary N) is 1. The Morgan fingerprint density at radius 2 is 2.14 bits per heavy atom. The normalized spacial score (nSPS) is 18.3. The predicted octanol–water partition coefficient (Wildman–Crippen LogP) is 3.74. The molecule has 7 heteroatoms. The number of halogens is 1. The number of nitrogens with zero attached hydrogens (tertiary/aromatic N) is 3. The third-order valence-electron chi connectivity index (χ3n) is 3.76. The lowest BCUT2D eigenvalue weighted by molar-refractivity contribution is 0.163. The molecule has 1 aromatic carbocycles. The van der Waals surface area contributed by atoms with Gasteiger partial charge in [-0.15, -0.1) is 0 Å². The van der Waals surface area contributed by atoms with E-state index >= 15 is 0 Å². The van der Waals surface area contributed by atoms with Gasteiger partial charge in [-0.25, -0.2) is 14.2 Å². The molecule has 5 nitrogen and oxygen atoms in total. The molecule has 1 saturated heterocycles. The summed E-state index contributed by atoms with van der Waals surface area (Å²) in [6.07, 6.45) is 2.91. The maximum Gasteiger partial charge on any atom is 0.324 e. The Labute approximate surface area is 132 Å². The monoisotopic (exact) mass is 320 g/mol. The van der Waals surface area contributed by atoms with Crippen molar-refractivity contribution in [2.24, 2.45) is 0 Å². The average Bonchev–Trinajstić information content (AvgIpc) is 2.93. The fraction of sp³-hybridized carbons (Fsp3) is 0.400. The summed E-state index contributed by atoms with van der Waals surface area (Å²) in [5.41, 5.74) is 0.963. The minimum absolute atomic E-state index is 0.0247. The summed E-state index contributed by atoms with van der Waals surface area (Å²) in [6.45, 7) is 2.47. The molecule has 2 aromatic rings. The third kappa shape index (κ3) is 3.24. The number of carbonyl (C=O) groups is 1. The fourth-order valence-corrected chi connectivity index (χ4v) is 3.28. The average molecular weight is 320 g/mol. The van der Waals surface area contributed by atoms with Crippen molar-refractivity contribution in [3.8, 4) is 0 Å². The fourth-order valence-electron chi connectivity index (χ4n) is 2.72. The van der Waals surface area contributed by atoms with Gasteiger partial charge in [0.15, 0.2) is 0 Å². The SMILES string of the molecule is Cc1nsc(NC(=O)N2CCCC[C@@H]2c2ccc(F)cc2)n1. The number of piperidine rings is 1. The summed E-state index contributed by atoms with van der Waals surface area (Å²) < 4.78 is 17.2. The number of anilines is 1. The van der Waals surface area contributed by atoms with Gasteiger partial charge in [0.1, 0.15) is 11.6 Å². The molecule has 2 heterocycles. The van der Waals surface area contributed by atoms with Crippen LogP contribution in [0.5, 0.6) is 0 Å². The predicted molar refractivity (Wildman–Crippen MR) is 83.4 cm³/mol. The van der Waals surface area contributed by atoms with Crippen molar-refractivity contribution in [1.29, 1.82) is 0 Å². The zero-order valence-corrected chi connectivity index (χ0v) is 13.1. The van der Waals surface area contributed by atoms with Crippen molar-refractivity contribution in [2.45, 2.75) is 32.2 Å². The van der Waals surface area contributed by atoms with Crippen LogP contribution in [0.25, 0.3) is 0 Å². The lowest BCUT2D eigenvalue weighted by Gasteiger charge is -2.35. The summed E-state index contributed by atoms with van der Waals surface area (Å²) in [5.74, 6) is 0.383. The van der Waals surface area contributed by atoms with Gasteiger partial charge in [-0.1, -0.05) is 12.1 Å². The summed E-state index contributed by atoms with van der Waals surface area (Å²) in [7, 11) is 0. The standard InChI is InChI=1S/C15H17FN4OS/c1-10-17-14(22-19-10)18-15(21)20-9-3-2-4-13(20)11-5-7-12(16)8-6-11/h5-8,13H,2-4,9H2,1H3,(H,17,18,19,21)/t13-/m1/s1. The van der Waals surface area contributed by atoms with E-state index < -0.39 is 0 Å². The minimum atomic E-state index is -0.264. The second kappa shape index (κ2) is 6.39. The first kappa shape index (κ1) is 14.9. The molecule has 0 aliphatic carbocycles. The maximum absolute atomic E-state index is 13.1. The van der Waals surface area contributed by atoms with Gasteiger partial charge in [-0.05, 0) is 43.9 Å². The molecule has 3 rings (SSSR count). The summed E-state index contributed by atoms with van der Waals surface area (Å²) >= 11 is 1.17. The van der Waals surface area contributed by atoms with E-state index in [1.54, 1.807) is 24.0 Å². The van der Waals surface area contributed by atoms with Crippen molar-refractivity contribution in [1.82, 2.24) is 14.3 Å². The number of hydrogen-bond donors (Lipinski definition) is 1. The Balaban J connectivity index is 1.77. The minimum Gasteiger partial charge on any atom is -0.317 e. The van der Waals surface area contributed by atoms with Gasteiger partial charge in [0, 0.05) is 18.1 Å². The smallest absolute Gasteiger partial charge is 0.317 e. The summed E-state index contributed by atoms with van der Waals surface area (Å²) in [4.78, 5) is 18.5. The molecule has 1 aromatic heterocycles. The molecule has 1 N–H and O–H groups in total. The van der Waals surface area contributed by atoms with Crippen LogP contribution in [0.4, 0.5) is 14.3 Å². The Morgan fingerprint density at radius 3 is 2.82 bits per heavy atom. The second-order valence-electron chi connectivity index (χ2n) is 5.33. The highest BCUT2D eigenvalue weighted by molar-refractivity contribution is 7.09. The number of likely N-dealkylation sites (tertiary alicyclic amines) is 1. The highest BCUT2D eigenvalue weighted by Crippen LogP contribution is 2.31. The number of hydrogen-bond acceptors (Lipinski definition) is 4. The molecule has 1 aliphatic rings. The van der Waals surface area contributed by atoms with E-state index in [2.05, 4.69) is 14.7 Å². The topological polar surface area (TPSA) is 58.1 Å². The Kier molecular flexibility index (Phi) is 4.33. The number of amides is 2. The largest absolute Gasteiger partial charge is 0.324 e. The van der Waals surface area contributed by atoms with Gasteiger partial charge < -0.3 is 4.90 Å². The zero-order chi connectivity index (χ0) is 15.5. The quantitative estimate of drug-likeness (QED) is 0.917. The van der Waals surface area contributed by atoms with Crippen molar-refractivity contribution >= 4 is 22.7 Å². The van der Waals surface area contributed by atoms with Crippen LogP contribution in [0.2, 0.25) is 0 Å². The first-order valence-electron chi connectivity index (χ1n) is 7.27. The molecule has 1 atom stereocenters. The molecular formula is C15H17FN4OS. The van der Waals surface area contributed by atoms with Crippen molar-refractivity contribution in [3.63, 3.8) is 0 Å². The summed E-state index contributed by atoms with van der Waals surface area (Å²) in [6, 6.07) is 6.18. The Bertz CT molecular complexity index is 658. The number of rotatable bonds is 2. The molecule has 2 amide bonds. The Morgan fingerprint density at radius 1 is 1.36 bits per heavy atom. The van der Waals surface area contributed by atoms with Crippen LogP contribution < -0.4 is 5.32 Å². The number of carbonyl (C=O) groups excluding carboxylic acids is 1. The molecule has 22 heavy (non-hydrogen) atoms. The van der Waals surface area contributed by atoms with Gasteiger partial charge in [0.05, 0.1) is 6.04 Å².